The third-order valence-corrected chi connectivity index (χ3v) is 2.07. The normalized spacial score (nSPS) is 12.8. The van der Waals surface area contributed by atoms with Gasteiger partial charge in [-0.05, 0) is 34.6 Å². The lowest BCUT2D eigenvalue weighted by atomic mass is 9.96. The Morgan fingerprint density at radius 2 is 1.77 bits per heavy atom. The number of halogens is 1. The van der Waals surface area contributed by atoms with E-state index in [1.807, 2.05) is 20.8 Å². The van der Waals surface area contributed by atoms with Crippen molar-refractivity contribution in [1.29, 1.82) is 0 Å². The van der Waals surface area contributed by atoms with Crippen LogP contribution in [0.5, 0.6) is 0 Å². The van der Waals surface area contributed by atoms with Crippen LogP contribution in [0.4, 0.5) is 0 Å². The van der Waals surface area contributed by atoms with Crippen LogP contribution in [0, 0.1) is 5.41 Å². The zero-order chi connectivity index (χ0) is 10.7. The van der Waals surface area contributed by atoms with Crippen molar-refractivity contribution in [1.82, 2.24) is 5.48 Å². The van der Waals surface area contributed by atoms with E-state index in [9.17, 15) is 4.79 Å². The number of hydrogen-bond acceptors (Lipinski definition) is 2. The summed E-state index contributed by atoms with van der Waals surface area (Å²) in [5.41, 5.74) is 1.42. The van der Waals surface area contributed by atoms with Gasteiger partial charge in [-0.3, -0.25) is 9.63 Å². The van der Waals surface area contributed by atoms with Crippen molar-refractivity contribution < 1.29 is 9.63 Å². The molecule has 0 aliphatic rings. The highest BCUT2D eigenvalue weighted by atomic mass is 35.5. The molecule has 0 aromatic rings. The van der Waals surface area contributed by atoms with Crippen LogP contribution in [0.15, 0.2) is 0 Å². The quantitative estimate of drug-likeness (QED) is 0.569. The molecule has 0 aromatic carbocycles. The van der Waals surface area contributed by atoms with Crippen molar-refractivity contribution in [3.8, 4) is 0 Å². The number of hydroxylamine groups is 1. The Kier molecular flexibility index (Phi) is 4.20. The Labute approximate surface area is 84.7 Å². The number of carbonyl (C=O) groups excluding carboxylic acids is 1. The molecule has 13 heavy (non-hydrogen) atoms. The molecule has 0 saturated carbocycles. The second-order valence-corrected chi connectivity index (χ2v) is 4.93. The molecule has 0 radical (unpaired) electrons. The van der Waals surface area contributed by atoms with Crippen LogP contribution < -0.4 is 5.48 Å². The summed E-state index contributed by atoms with van der Waals surface area (Å²) in [6.07, 6.45) is 0. The fraction of sp³-hybridized carbons (Fsp3) is 0.889. The molecule has 0 fully saturated rings. The Balaban J connectivity index is 4.03. The maximum absolute atomic E-state index is 11.4. The van der Waals surface area contributed by atoms with Crippen molar-refractivity contribution in [2.45, 2.75) is 40.2 Å². The molecule has 78 valence electrons. The molecule has 0 heterocycles. The number of alkyl halides is 1. The van der Waals surface area contributed by atoms with Crippen LogP contribution in [-0.4, -0.2) is 17.4 Å². The highest BCUT2D eigenvalue weighted by molar-refractivity contribution is 6.19. The van der Waals surface area contributed by atoms with Gasteiger partial charge in [0, 0.05) is 5.88 Å². The van der Waals surface area contributed by atoms with Gasteiger partial charge >= 0.3 is 0 Å². The third kappa shape index (κ3) is 5.11. The largest absolute Gasteiger partial charge is 0.272 e. The number of rotatable bonds is 3. The molecular formula is C9H18ClNO2. The summed E-state index contributed by atoms with van der Waals surface area (Å²) in [6, 6.07) is 0. The molecule has 1 amide bonds. The Morgan fingerprint density at radius 3 is 2.08 bits per heavy atom. The summed E-state index contributed by atoms with van der Waals surface area (Å²) in [7, 11) is 0. The average Bonchev–Trinajstić information content (AvgIpc) is 1.98. The van der Waals surface area contributed by atoms with E-state index in [1.54, 1.807) is 13.8 Å². The van der Waals surface area contributed by atoms with Gasteiger partial charge in [-0.15, -0.1) is 11.6 Å². The van der Waals surface area contributed by atoms with Crippen molar-refractivity contribution in [2.75, 3.05) is 5.88 Å². The van der Waals surface area contributed by atoms with Gasteiger partial charge in [0.05, 0.1) is 11.0 Å². The van der Waals surface area contributed by atoms with Crippen LogP contribution in [0.1, 0.15) is 34.6 Å². The number of amides is 1. The Morgan fingerprint density at radius 1 is 1.31 bits per heavy atom. The molecule has 4 heteroatoms. The van der Waals surface area contributed by atoms with Gasteiger partial charge in [-0.2, -0.15) is 0 Å². The molecule has 3 nitrogen and oxygen atoms in total. The van der Waals surface area contributed by atoms with Gasteiger partial charge < -0.3 is 0 Å². The maximum atomic E-state index is 11.4. The summed E-state index contributed by atoms with van der Waals surface area (Å²) < 4.78 is 0. The van der Waals surface area contributed by atoms with E-state index in [4.69, 9.17) is 16.4 Å². The zero-order valence-corrected chi connectivity index (χ0v) is 9.66. The first-order chi connectivity index (χ1) is 5.69. The molecule has 0 rings (SSSR count). The fourth-order valence-corrected chi connectivity index (χ4v) is 0.520. The van der Waals surface area contributed by atoms with Gasteiger partial charge in [0.1, 0.15) is 0 Å². The SMILES string of the molecule is CC(C)(C)ONC(=O)C(C)(C)CCl. The monoisotopic (exact) mass is 207 g/mol. The van der Waals surface area contributed by atoms with Crippen LogP contribution in [0.2, 0.25) is 0 Å². The summed E-state index contributed by atoms with van der Waals surface area (Å²) in [5.74, 6) is 0.0733. The van der Waals surface area contributed by atoms with E-state index in [1.165, 1.54) is 0 Å². The fourth-order valence-electron chi connectivity index (χ4n) is 0.398. The van der Waals surface area contributed by atoms with Crippen LogP contribution in [0.25, 0.3) is 0 Å². The average molecular weight is 208 g/mol. The number of nitrogens with one attached hydrogen (secondary N) is 1. The lowest BCUT2D eigenvalue weighted by Gasteiger charge is -2.24. The molecule has 0 bridgehead atoms. The molecule has 0 spiro atoms. The highest BCUT2D eigenvalue weighted by Gasteiger charge is 2.27. The topological polar surface area (TPSA) is 38.3 Å². The van der Waals surface area contributed by atoms with Gasteiger partial charge in [-0.1, -0.05) is 0 Å². The minimum absolute atomic E-state index is 0.197. The summed E-state index contributed by atoms with van der Waals surface area (Å²) in [6.45, 7) is 9.12. The van der Waals surface area contributed by atoms with E-state index in [2.05, 4.69) is 5.48 Å². The molecule has 0 aromatic heterocycles. The predicted molar refractivity (Wildman–Crippen MR) is 53.5 cm³/mol. The van der Waals surface area contributed by atoms with Crippen molar-refractivity contribution in [2.24, 2.45) is 5.41 Å². The number of carbonyl (C=O) groups is 1. The van der Waals surface area contributed by atoms with E-state index in [-0.39, 0.29) is 17.4 Å². The maximum Gasteiger partial charge on any atom is 0.250 e. The molecule has 0 unspecified atom stereocenters. The molecular weight excluding hydrogens is 190 g/mol. The van der Waals surface area contributed by atoms with Gasteiger partial charge in [-0.25, -0.2) is 5.48 Å². The van der Waals surface area contributed by atoms with Crippen molar-refractivity contribution in [3.05, 3.63) is 0 Å². The minimum atomic E-state index is -0.590. The molecule has 0 saturated heterocycles. The molecule has 0 aliphatic heterocycles. The van der Waals surface area contributed by atoms with Gasteiger partial charge in [0.25, 0.3) is 0 Å². The lowest BCUT2D eigenvalue weighted by Crippen LogP contribution is -2.42. The summed E-state index contributed by atoms with van der Waals surface area (Å²) in [4.78, 5) is 16.5. The van der Waals surface area contributed by atoms with Crippen LogP contribution >= 0.6 is 11.6 Å². The second-order valence-electron chi connectivity index (χ2n) is 4.66. The number of hydrogen-bond donors (Lipinski definition) is 1. The first kappa shape index (κ1) is 12.7. The highest BCUT2D eigenvalue weighted by Crippen LogP contribution is 2.17. The zero-order valence-electron chi connectivity index (χ0n) is 8.90. The van der Waals surface area contributed by atoms with E-state index < -0.39 is 5.41 Å². The third-order valence-electron chi connectivity index (χ3n) is 1.40. The van der Waals surface area contributed by atoms with Crippen molar-refractivity contribution in [3.63, 3.8) is 0 Å². The smallest absolute Gasteiger partial charge is 0.250 e. The molecule has 0 aliphatic carbocycles. The first-order valence-electron chi connectivity index (χ1n) is 4.23. The second kappa shape index (κ2) is 4.29. The standard InChI is InChI=1S/C9H18ClNO2/c1-8(2,3)13-11-7(12)9(4,5)6-10/h6H2,1-5H3,(H,11,12). The van der Waals surface area contributed by atoms with Crippen LogP contribution in [0.3, 0.4) is 0 Å². The van der Waals surface area contributed by atoms with E-state index in [0.717, 1.165) is 0 Å². The lowest BCUT2D eigenvalue weighted by molar-refractivity contribution is -0.153. The van der Waals surface area contributed by atoms with Crippen LogP contribution in [-0.2, 0) is 9.63 Å². The molecule has 1 N–H and O–H groups in total. The van der Waals surface area contributed by atoms with Gasteiger partial charge in [0.2, 0.25) is 5.91 Å². The summed E-state index contributed by atoms with van der Waals surface area (Å²) >= 11 is 5.62. The first-order valence-corrected chi connectivity index (χ1v) is 4.77. The molecule has 0 atom stereocenters. The Hall–Kier alpha value is -0.280. The predicted octanol–water partition coefficient (Wildman–Crippen LogP) is 2.10. The van der Waals surface area contributed by atoms with Crippen molar-refractivity contribution >= 4 is 17.5 Å². The Bertz CT molecular complexity index is 185. The van der Waals surface area contributed by atoms with E-state index >= 15 is 0 Å². The van der Waals surface area contributed by atoms with Gasteiger partial charge in [0.15, 0.2) is 0 Å². The van der Waals surface area contributed by atoms with E-state index in [0.29, 0.717) is 0 Å². The minimum Gasteiger partial charge on any atom is -0.272 e. The summed E-state index contributed by atoms with van der Waals surface area (Å²) in [5, 5.41) is 0.